The molecule has 22 heavy (non-hydrogen) atoms. The van der Waals surface area contributed by atoms with Gasteiger partial charge in [0.1, 0.15) is 0 Å². The van der Waals surface area contributed by atoms with Gasteiger partial charge in [0, 0.05) is 37.1 Å². The first kappa shape index (κ1) is 14.9. The first-order chi connectivity index (χ1) is 10.7. The number of aryl methyl sites for hydroxylation is 2. The van der Waals surface area contributed by atoms with Gasteiger partial charge in [-0.15, -0.1) is 0 Å². The zero-order valence-electron chi connectivity index (χ0n) is 12.7. The highest BCUT2D eigenvalue weighted by Gasteiger charge is 2.21. The molecule has 0 aliphatic carbocycles. The Morgan fingerprint density at radius 3 is 3.00 bits per heavy atom. The maximum atomic E-state index is 11.3. The minimum atomic E-state index is -0.106. The van der Waals surface area contributed by atoms with Crippen LogP contribution in [-0.2, 0) is 17.7 Å². The van der Waals surface area contributed by atoms with Gasteiger partial charge >= 0.3 is 0 Å². The summed E-state index contributed by atoms with van der Waals surface area (Å²) in [5, 5.41) is 0. The second-order valence-corrected chi connectivity index (χ2v) is 5.64. The number of hydrogen-bond acceptors (Lipinski definition) is 5. The molecule has 0 unspecified atom stereocenters. The van der Waals surface area contributed by atoms with E-state index < -0.39 is 0 Å². The number of nitrogens with zero attached hydrogens (tertiary/aromatic N) is 3. The first-order valence-corrected chi connectivity index (χ1v) is 7.57. The highest BCUT2D eigenvalue weighted by molar-refractivity contribution is 5.08. The second-order valence-electron chi connectivity index (χ2n) is 5.64. The van der Waals surface area contributed by atoms with Crippen molar-refractivity contribution in [1.29, 1.82) is 0 Å². The van der Waals surface area contributed by atoms with Gasteiger partial charge in [-0.2, -0.15) is 0 Å². The van der Waals surface area contributed by atoms with Crippen molar-refractivity contribution >= 4 is 0 Å². The van der Waals surface area contributed by atoms with E-state index in [1.54, 1.807) is 12.4 Å². The van der Waals surface area contributed by atoms with Crippen LogP contribution in [0.25, 0.3) is 0 Å². The van der Waals surface area contributed by atoms with Crippen LogP contribution in [-0.4, -0.2) is 50.6 Å². The third-order valence-corrected chi connectivity index (χ3v) is 3.99. The number of hydrogen-bond donors (Lipinski definition) is 2. The van der Waals surface area contributed by atoms with Crippen LogP contribution in [0.2, 0.25) is 0 Å². The Balaban J connectivity index is 1.52. The number of morpholine rings is 1. The van der Waals surface area contributed by atoms with Crippen molar-refractivity contribution in [3.63, 3.8) is 0 Å². The molecule has 7 nitrogen and oxygen atoms in total. The second kappa shape index (κ2) is 6.85. The summed E-state index contributed by atoms with van der Waals surface area (Å²) in [7, 11) is 0. The van der Waals surface area contributed by atoms with Gasteiger partial charge < -0.3 is 14.7 Å². The SMILES string of the molecule is Cc1[nH]cnc1CN1CCO[C@H](CCc2cc(=O)[nH]cn2)C1. The van der Waals surface area contributed by atoms with Gasteiger partial charge in [0.15, 0.2) is 0 Å². The standard InChI is InChI=1S/C15H21N5O2/c1-11-14(18-9-16-11)8-20-4-5-22-13(7-20)3-2-12-6-15(21)19-10-17-12/h6,9-10,13H,2-5,7-8H2,1H3,(H,16,18)(H,17,19,21)/t13-/m1/s1. The predicted octanol–water partition coefficient (Wildman–Crippen LogP) is 0.635. The average molecular weight is 303 g/mol. The molecule has 2 N–H and O–H groups in total. The molecule has 1 saturated heterocycles. The van der Waals surface area contributed by atoms with Crippen LogP contribution in [0.15, 0.2) is 23.5 Å². The van der Waals surface area contributed by atoms with E-state index in [4.69, 9.17) is 4.74 Å². The van der Waals surface area contributed by atoms with Gasteiger partial charge in [-0.05, 0) is 19.8 Å². The molecule has 1 atom stereocenters. The van der Waals surface area contributed by atoms with Crippen LogP contribution in [0, 0.1) is 6.92 Å². The van der Waals surface area contributed by atoms with E-state index >= 15 is 0 Å². The molecule has 2 aromatic rings. The number of H-pyrrole nitrogens is 2. The van der Waals surface area contributed by atoms with Crippen molar-refractivity contribution in [2.45, 2.75) is 32.4 Å². The van der Waals surface area contributed by atoms with Gasteiger partial charge in [-0.1, -0.05) is 0 Å². The lowest BCUT2D eigenvalue weighted by Gasteiger charge is -2.32. The Morgan fingerprint density at radius 2 is 2.23 bits per heavy atom. The molecule has 1 fully saturated rings. The Hall–Kier alpha value is -1.99. The van der Waals surface area contributed by atoms with Gasteiger partial charge in [0.2, 0.25) is 0 Å². The summed E-state index contributed by atoms with van der Waals surface area (Å²) in [5.41, 5.74) is 2.92. The van der Waals surface area contributed by atoms with E-state index in [1.807, 2.05) is 6.92 Å². The molecular weight excluding hydrogens is 282 g/mol. The fourth-order valence-corrected chi connectivity index (χ4v) is 2.71. The summed E-state index contributed by atoms with van der Waals surface area (Å²) < 4.78 is 5.83. The van der Waals surface area contributed by atoms with Gasteiger partial charge in [-0.25, -0.2) is 9.97 Å². The van der Waals surface area contributed by atoms with Crippen molar-refractivity contribution in [1.82, 2.24) is 24.8 Å². The minimum Gasteiger partial charge on any atom is -0.376 e. The number of aromatic amines is 2. The number of imidazole rings is 1. The summed E-state index contributed by atoms with van der Waals surface area (Å²) in [6.45, 7) is 5.43. The van der Waals surface area contributed by atoms with Gasteiger partial charge in [0.05, 0.1) is 31.1 Å². The lowest BCUT2D eigenvalue weighted by molar-refractivity contribution is -0.0350. The summed E-state index contributed by atoms with van der Waals surface area (Å²) >= 11 is 0. The Bertz CT molecular complexity index is 666. The van der Waals surface area contributed by atoms with Crippen LogP contribution in [0.1, 0.15) is 23.5 Å². The molecule has 2 aromatic heterocycles. The predicted molar refractivity (Wildman–Crippen MR) is 81.5 cm³/mol. The molecule has 0 spiro atoms. The molecule has 3 heterocycles. The zero-order chi connectivity index (χ0) is 15.4. The molecule has 0 amide bonds. The maximum absolute atomic E-state index is 11.3. The minimum absolute atomic E-state index is 0.106. The summed E-state index contributed by atoms with van der Waals surface area (Å²) in [6, 6.07) is 1.55. The monoisotopic (exact) mass is 303 g/mol. The van der Waals surface area contributed by atoms with E-state index in [1.165, 1.54) is 6.33 Å². The van der Waals surface area contributed by atoms with Gasteiger partial charge in [0.25, 0.3) is 5.56 Å². The molecule has 0 bridgehead atoms. The summed E-state index contributed by atoms with van der Waals surface area (Å²) in [6.07, 6.45) is 4.98. The number of aromatic nitrogens is 4. The quantitative estimate of drug-likeness (QED) is 0.846. The summed E-state index contributed by atoms with van der Waals surface area (Å²) in [4.78, 5) is 27.8. The molecule has 3 rings (SSSR count). The normalized spacial score (nSPS) is 19.4. The van der Waals surface area contributed by atoms with E-state index in [0.717, 1.165) is 56.2 Å². The van der Waals surface area contributed by atoms with Gasteiger partial charge in [-0.3, -0.25) is 9.69 Å². The van der Waals surface area contributed by atoms with Crippen molar-refractivity contribution in [3.8, 4) is 0 Å². The van der Waals surface area contributed by atoms with Crippen LogP contribution in [0.3, 0.4) is 0 Å². The van der Waals surface area contributed by atoms with Crippen molar-refractivity contribution in [2.75, 3.05) is 19.7 Å². The highest BCUT2D eigenvalue weighted by atomic mass is 16.5. The lowest BCUT2D eigenvalue weighted by Crippen LogP contribution is -2.42. The Morgan fingerprint density at radius 1 is 1.36 bits per heavy atom. The Kier molecular flexibility index (Phi) is 4.65. The fourth-order valence-electron chi connectivity index (χ4n) is 2.71. The number of ether oxygens (including phenoxy) is 1. The molecule has 1 aliphatic heterocycles. The molecule has 0 aromatic carbocycles. The van der Waals surface area contributed by atoms with E-state index in [-0.39, 0.29) is 11.7 Å². The Labute approximate surface area is 128 Å². The third-order valence-electron chi connectivity index (χ3n) is 3.99. The maximum Gasteiger partial charge on any atom is 0.250 e. The smallest absolute Gasteiger partial charge is 0.250 e. The van der Waals surface area contributed by atoms with Crippen molar-refractivity contribution < 1.29 is 4.74 Å². The third kappa shape index (κ3) is 3.80. The first-order valence-electron chi connectivity index (χ1n) is 7.57. The topological polar surface area (TPSA) is 86.9 Å². The fraction of sp³-hybridized carbons (Fsp3) is 0.533. The molecule has 7 heteroatoms. The van der Waals surface area contributed by atoms with E-state index in [9.17, 15) is 4.79 Å². The largest absolute Gasteiger partial charge is 0.376 e. The number of nitrogens with one attached hydrogen (secondary N) is 2. The lowest BCUT2D eigenvalue weighted by atomic mass is 10.1. The number of rotatable bonds is 5. The zero-order valence-corrected chi connectivity index (χ0v) is 12.7. The molecule has 118 valence electrons. The summed E-state index contributed by atoms with van der Waals surface area (Å²) in [5.74, 6) is 0. The molecule has 1 aliphatic rings. The van der Waals surface area contributed by atoms with Crippen LogP contribution in [0.5, 0.6) is 0 Å². The van der Waals surface area contributed by atoms with Crippen LogP contribution < -0.4 is 5.56 Å². The van der Waals surface area contributed by atoms with E-state index in [2.05, 4.69) is 24.8 Å². The van der Waals surface area contributed by atoms with E-state index in [0.29, 0.717) is 0 Å². The molecular formula is C15H21N5O2. The molecule has 0 radical (unpaired) electrons. The highest BCUT2D eigenvalue weighted by Crippen LogP contribution is 2.14. The van der Waals surface area contributed by atoms with Crippen LogP contribution >= 0.6 is 0 Å². The average Bonchev–Trinajstić information content (AvgIpc) is 2.91. The van der Waals surface area contributed by atoms with Crippen LogP contribution in [0.4, 0.5) is 0 Å². The molecule has 0 saturated carbocycles. The van der Waals surface area contributed by atoms with Crippen molar-refractivity contribution in [2.24, 2.45) is 0 Å². The van der Waals surface area contributed by atoms with Crippen molar-refractivity contribution in [3.05, 3.63) is 46.2 Å².